The van der Waals surface area contributed by atoms with E-state index in [9.17, 15) is 9.59 Å². The first-order valence-electron chi connectivity index (χ1n) is 9.94. The Balaban J connectivity index is 0.00000272. The molecular weight excluding hydrogens is 414 g/mol. The zero-order valence-corrected chi connectivity index (χ0v) is 17.9. The molecule has 6 nitrogen and oxygen atoms in total. The van der Waals surface area contributed by atoms with E-state index in [1.54, 1.807) is 42.6 Å². The van der Waals surface area contributed by atoms with Crippen molar-refractivity contribution in [3.8, 4) is 5.75 Å². The van der Waals surface area contributed by atoms with Gasteiger partial charge in [0.2, 0.25) is 0 Å². The molecule has 0 bridgehead atoms. The first-order valence-corrected chi connectivity index (χ1v) is 9.94. The summed E-state index contributed by atoms with van der Waals surface area (Å²) in [7, 11) is 0. The zero-order chi connectivity index (χ0) is 20.9. The molecule has 0 saturated heterocycles. The number of nitrogens with zero attached hydrogens (tertiary/aromatic N) is 1. The molecule has 1 aromatic heterocycles. The van der Waals surface area contributed by atoms with E-state index in [2.05, 4.69) is 15.6 Å². The van der Waals surface area contributed by atoms with Gasteiger partial charge in [-0.1, -0.05) is 12.1 Å². The number of carbonyl (C=O) groups excluding carboxylic acids is 2. The Morgan fingerprint density at radius 1 is 1.00 bits per heavy atom. The van der Waals surface area contributed by atoms with Gasteiger partial charge in [-0.3, -0.25) is 14.6 Å². The first kappa shape index (κ1) is 22.3. The quantitative estimate of drug-likeness (QED) is 0.568. The Labute approximate surface area is 187 Å². The number of aryl methyl sites for hydroxylation is 1. The first-order chi connectivity index (χ1) is 14.6. The van der Waals surface area contributed by atoms with E-state index in [4.69, 9.17) is 4.74 Å². The molecule has 0 radical (unpaired) electrons. The molecule has 0 aliphatic heterocycles. The van der Waals surface area contributed by atoms with E-state index in [-0.39, 0.29) is 30.3 Å². The van der Waals surface area contributed by atoms with Crippen molar-refractivity contribution >= 4 is 29.9 Å². The molecule has 2 amide bonds. The Bertz CT molecular complexity index is 1050. The number of amides is 2. The molecule has 31 heavy (non-hydrogen) atoms. The molecule has 0 unspecified atom stereocenters. The number of nitrogens with one attached hydrogen (secondary N) is 2. The summed E-state index contributed by atoms with van der Waals surface area (Å²) in [5.41, 5.74) is 3.40. The standard InChI is InChI=1S/C24H23N3O3.ClH/c1-16-5-6-18(24(29)26-19-9-10-19)14-22(16)27-23(28)17-7-11-21(12-8-17)30-15-20-4-2-3-13-25-20;/h2-8,11-14,19H,9-10,15H2,1H3,(H,26,29)(H,27,28);1H. The number of halogens is 1. The molecule has 160 valence electrons. The van der Waals surface area contributed by atoms with Crippen molar-refractivity contribution in [2.24, 2.45) is 0 Å². The molecule has 0 atom stereocenters. The van der Waals surface area contributed by atoms with Crippen LogP contribution in [-0.2, 0) is 6.61 Å². The van der Waals surface area contributed by atoms with Crippen molar-refractivity contribution in [2.45, 2.75) is 32.4 Å². The van der Waals surface area contributed by atoms with Crippen molar-refractivity contribution in [1.82, 2.24) is 10.3 Å². The number of aromatic nitrogens is 1. The maximum absolute atomic E-state index is 12.7. The molecule has 3 aromatic rings. The second-order valence-electron chi connectivity index (χ2n) is 7.37. The number of hydrogen-bond donors (Lipinski definition) is 2. The summed E-state index contributed by atoms with van der Waals surface area (Å²) in [5.74, 6) is 0.309. The van der Waals surface area contributed by atoms with Gasteiger partial charge in [0.25, 0.3) is 11.8 Å². The minimum atomic E-state index is -0.242. The molecular formula is C24H24ClN3O3. The van der Waals surface area contributed by atoms with Crippen LogP contribution in [-0.4, -0.2) is 22.8 Å². The predicted molar refractivity (Wildman–Crippen MR) is 122 cm³/mol. The average Bonchev–Trinajstić information content (AvgIpc) is 3.59. The maximum Gasteiger partial charge on any atom is 0.255 e. The molecule has 1 saturated carbocycles. The van der Waals surface area contributed by atoms with Crippen LogP contribution in [0.5, 0.6) is 5.75 Å². The predicted octanol–water partition coefficient (Wildman–Crippen LogP) is 4.54. The molecule has 1 aliphatic rings. The second-order valence-corrected chi connectivity index (χ2v) is 7.37. The lowest BCUT2D eigenvalue weighted by Crippen LogP contribution is -2.25. The molecule has 1 heterocycles. The van der Waals surface area contributed by atoms with Gasteiger partial charge < -0.3 is 15.4 Å². The van der Waals surface area contributed by atoms with Crippen LogP contribution in [0.3, 0.4) is 0 Å². The van der Waals surface area contributed by atoms with Gasteiger partial charge in [0.15, 0.2) is 0 Å². The number of pyridine rings is 1. The SMILES string of the molecule is Cc1ccc(C(=O)NC2CC2)cc1NC(=O)c1ccc(OCc2ccccn2)cc1.Cl. The van der Waals surface area contributed by atoms with Crippen LogP contribution in [0.25, 0.3) is 0 Å². The number of carbonyl (C=O) groups is 2. The molecule has 2 N–H and O–H groups in total. The molecule has 2 aromatic carbocycles. The highest BCUT2D eigenvalue weighted by molar-refractivity contribution is 6.05. The Kier molecular flexibility index (Phi) is 7.26. The zero-order valence-electron chi connectivity index (χ0n) is 17.1. The van der Waals surface area contributed by atoms with Gasteiger partial charge in [-0.15, -0.1) is 12.4 Å². The lowest BCUT2D eigenvalue weighted by Gasteiger charge is -2.11. The van der Waals surface area contributed by atoms with Crippen molar-refractivity contribution in [3.63, 3.8) is 0 Å². The van der Waals surface area contributed by atoms with Gasteiger partial charge in [0.1, 0.15) is 12.4 Å². The fourth-order valence-electron chi connectivity index (χ4n) is 2.93. The van der Waals surface area contributed by atoms with Crippen LogP contribution in [0.15, 0.2) is 66.9 Å². The van der Waals surface area contributed by atoms with Crippen molar-refractivity contribution in [1.29, 1.82) is 0 Å². The highest BCUT2D eigenvalue weighted by Gasteiger charge is 2.24. The van der Waals surface area contributed by atoms with Crippen molar-refractivity contribution in [3.05, 3.63) is 89.2 Å². The monoisotopic (exact) mass is 437 g/mol. The molecule has 4 rings (SSSR count). The van der Waals surface area contributed by atoms with E-state index in [0.717, 1.165) is 24.1 Å². The largest absolute Gasteiger partial charge is 0.487 e. The minimum Gasteiger partial charge on any atom is -0.487 e. The summed E-state index contributed by atoms with van der Waals surface area (Å²) in [4.78, 5) is 29.2. The van der Waals surface area contributed by atoms with Gasteiger partial charge in [0, 0.05) is 29.1 Å². The molecule has 0 spiro atoms. The number of benzene rings is 2. The van der Waals surface area contributed by atoms with Crippen molar-refractivity contribution in [2.75, 3.05) is 5.32 Å². The lowest BCUT2D eigenvalue weighted by molar-refractivity contribution is 0.0949. The second kappa shape index (κ2) is 10.1. The Hall–Kier alpha value is -3.38. The van der Waals surface area contributed by atoms with Crippen LogP contribution in [0.2, 0.25) is 0 Å². The normalized spacial score (nSPS) is 12.4. The Morgan fingerprint density at radius 3 is 2.42 bits per heavy atom. The molecule has 1 aliphatic carbocycles. The van der Waals surface area contributed by atoms with Gasteiger partial charge in [0.05, 0.1) is 5.69 Å². The summed E-state index contributed by atoms with van der Waals surface area (Å²) in [6, 6.07) is 18.2. The van der Waals surface area contributed by atoms with Crippen LogP contribution in [0, 0.1) is 6.92 Å². The van der Waals surface area contributed by atoms with Crippen LogP contribution < -0.4 is 15.4 Å². The van der Waals surface area contributed by atoms with Crippen LogP contribution in [0.1, 0.15) is 44.8 Å². The fourth-order valence-corrected chi connectivity index (χ4v) is 2.93. The van der Waals surface area contributed by atoms with Gasteiger partial charge in [-0.2, -0.15) is 0 Å². The molecule has 1 fully saturated rings. The maximum atomic E-state index is 12.7. The van der Waals surface area contributed by atoms with E-state index in [0.29, 0.717) is 29.2 Å². The number of hydrogen-bond acceptors (Lipinski definition) is 4. The van der Waals surface area contributed by atoms with E-state index < -0.39 is 0 Å². The number of anilines is 1. The number of ether oxygens (including phenoxy) is 1. The topological polar surface area (TPSA) is 80.3 Å². The highest BCUT2D eigenvalue weighted by Crippen LogP contribution is 2.22. The van der Waals surface area contributed by atoms with Crippen molar-refractivity contribution < 1.29 is 14.3 Å². The van der Waals surface area contributed by atoms with Crippen LogP contribution >= 0.6 is 12.4 Å². The summed E-state index contributed by atoms with van der Waals surface area (Å²) < 4.78 is 5.70. The summed E-state index contributed by atoms with van der Waals surface area (Å²) >= 11 is 0. The summed E-state index contributed by atoms with van der Waals surface area (Å²) in [6.45, 7) is 2.26. The van der Waals surface area contributed by atoms with Gasteiger partial charge in [-0.05, 0) is 73.9 Å². The Morgan fingerprint density at radius 2 is 1.74 bits per heavy atom. The highest BCUT2D eigenvalue weighted by atomic mass is 35.5. The average molecular weight is 438 g/mol. The lowest BCUT2D eigenvalue weighted by atomic mass is 10.1. The minimum absolute atomic E-state index is 0. The van der Waals surface area contributed by atoms with Crippen LogP contribution in [0.4, 0.5) is 5.69 Å². The van der Waals surface area contributed by atoms with E-state index in [1.807, 2.05) is 31.2 Å². The van der Waals surface area contributed by atoms with Gasteiger partial charge >= 0.3 is 0 Å². The third-order valence-electron chi connectivity index (χ3n) is 4.89. The summed E-state index contributed by atoms with van der Waals surface area (Å²) in [5, 5.41) is 5.86. The fraction of sp³-hybridized carbons (Fsp3) is 0.208. The van der Waals surface area contributed by atoms with Gasteiger partial charge in [-0.25, -0.2) is 0 Å². The third-order valence-corrected chi connectivity index (χ3v) is 4.89. The van der Waals surface area contributed by atoms with E-state index >= 15 is 0 Å². The smallest absolute Gasteiger partial charge is 0.255 e. The van der Waals surface area contributed by atoms with E-state index in [1.165, 1.54) is 0 Å². The number of rotatable bonds is 7. The molecule has 7 heteroatoms. The third kappa shape index (κ3) is 6.06. The summed E-state index contributed by atoms with van der Waals surface area (Å²) in [6.07, 6.45) is 3.78.